The number of rotatable bonds is 5. The lowest BCUT2D eigenvalue weighted by Crippen LogP contribution is -2.56. The van der Waals surface area contributed by atoms with Gasteiger partial charge in [-0.15, -0.1) is 0 Å². The van der Waals surface area contributed by atoms with Gasteiger partial charge in [-0.05, 0) is 18.6 Å². The van der Waals surface area contributed by atoms with Crippen LogP contribution < -0.4 is 10.6 Å². The minimum atomic E-state index is -3.96. The Morgan fingerprint density at radius 3 is 2.52 bits per heavy atom. The predicted molar refractivity (Wildman–Crippen MR) is 77.6 cm³/mol. The van der Waals surface area contributed by atoms with Crippen molar-refractivity contribution < 1.29 is 26.7 Å². The number of amides is 1. The summed E-state index contributed by atoms with van der Waals surface area (Å²) in [6.07, 6.45) is -2.03. The highest BCUT2D eigenvalue weighted by atomic mass is 32.2. The molecule has 126 valence electrons. The van der Waals surface area contributed by atoms with Gasteiger partial charge in [0, 0.05) is 0 Å². The normalized spacial score (nSPS) is 19.1. The zero-order chi connectivity index (χ0) is 17.3. The zero-order valence-corrected chi connectivity index (χ0v) is 12.9. The van der Waals surface area contributed by atoms with Gasteiger partial charge in [-0.25, -0.2) is 18.4 Å². The van der Waals surface area contributed by atoms with Gasteiger partial charge in [0.25, 0.3) is 15.9 Å². The van der Waals surface area contributed by atoms with E-state index in [1.807, 2.05) is 4.83 Å². The lowest BCUT2D eigenvalue weighted by atomic mass is 9.77. The van der Waals surface area contributed by atoms with E-state index in [0.717, 1.165) is 6.21 Å². The summed E-state index contributed by atoms with van der Waals surface area (Å²) in [5.41, 5.74) is 3.63. The Morgan fingerprint density at radius 2 is 2.00 bits per heavy atom. The monoisotopic (exact) mass is 347 g/mol. The first-order valence-corrected chi connectivity index (χ1v) is 8.02. The Kier molecular flexibility index (Phi) is 4.29. The summed E-state index contributed by atoms with van der Waals surface area (Å²) in [5, 5.41) is 3.44. The SMILES string of the molecule is Cc1ccccc1S(=O)(=O)NN=CC1(OC(N)=O)CC(F)(F)C1. The van der Waals surface area contributed by atoms with Crippen LogP contribution in [-0.4, -0.2) is 32.2 Å². The van der Waals surface area contributed by atoms with Gasteiger partial charge >= 0.3 is 6.09 Å². The maximum absolute atomic E-state index is 13.0. The number of hydrazone groups is 1. The van der Waals surface area contributed by atoms with E-state index in [1.54, 1.807) is 19.1 Å². The lowest BCUT2D eigenvalue weighted by molar-refractivity contribution is -0.168. The van der Waals surface area contributed by atoms with Gasteiger partial charge in [-0.2, -0.15) is 13.5 Å². The van der Waals surface area contributed by atoms with Crippen molar-refractivity contribution in [3.63, 3.8) is 0 Å². The van der Waals surface area contributed by atoms with E-state index in [9.17, 15) is 22.0 Å². The van der Waals surface area contributed by atoms with Gasteiger partial charge in [0.1, 0.15) is 0 Å². The van der Waals surface area contributed by atoms with Crippen LogP contribution in [0.2, 0.25) is 0 Å². The van der Waals surface area contributed by atoms with Crippen LogP contribution in [0.3, 0.4) is 0 Å². The van der Waals surface area contributed by atoms with Gasteiger partial charge in [0.2, 0.25) is 0 Å². The van der Waals surface area contributed by atoms with Gasteiger partial charge in [0.05, 0.1) is 24.0 Å². The number of primary amides is 1. The Labute approximate surface area is 131 Å². The number of alkyl halides is 2. The number of aryl methyl sites for hydroxylation is 1. The molecule has 1 aromatic carbocycles. The molecule has 0 aliphatic heterocycles. The average Bonchev–Trinajstić information content (AvgIpc) is 2.35. The van der Waals surface area contributed by atoms with E-state index in [4.69, 9.17) is 5.73 Å². The molecule has 0 atom stereocenters. The third-order valence-corrected chi connectivity index (χ3v) is 4.66. The van der Waals surface area contributed by atoms with Crippen LogP contribution in [0, 0.1) is 6.92 Å². The second kappa shape index (κ2) is 5.76. The van der Waals surface area contributed by atoms with Crippen molar-refractivity contribution in [1.82, 2.24) is 4.83 Å². The molecule has 23 heavy (non-hydrogen) atoms. The van der Waals surface area contributed by atoms with Crippen molar-refractivity contribution in [3.05, 3.63) is 29.8 Å². The molecule has 1 fully saturated rings. The van der Waals surface area contributed by atoms with Gasteiger partial charge < -0.3 is 10.5 Å². The molecule has 1 aliphatic carbocycles. The van der Waals surface area contributed by atoms with Gasteiger partial charge in [-0.1, -0.05) is 18.2 Å². The lowest BCUT2D eigenvalue weighted by Gasteiger charge is -2.42. The van der Waals surface area contributed by atoms with Crippen molar-refractivity contribution in [2.24, 2.45) is 10.8 Å². The molecule has 1 aliphatic rings. The van der Waals surface area contributed by atoms with Crippen molar-refractivity contribution >= 4 is 22.3 Å². The summed E-state index contributed by atoms with van der Waals surface area (Å²) in [5.74, 6) is -3.02. The molecule has 1 amide bonds. The summed E-state index contributed by atoms with van der Waals surface area (Å²) >= 11 is 0. The summed E-state index contributed by atoms with van der Waals surface area (Å²) in [6, 6.07) is 6.18. The van der Waals surface area contributed by atoms with Crippen LogP contribution >= 0.6 is 0 Å². The molecule has 0 radical (unpaired) electrons. The summed E-state index contributed by atoms with van der Waals surface area (Å²) < 4.78 is 54.9. The Bertz CT molecular complexity index is 741. The third-order valence-electron chi connectivity index (χ3n) is 3.28. The largest absolute Gasteiger partial charge is 0.437 e. The number of benzene rings is 1. The zero-order valence-electron chi connectivity index (χ0n) is 12.1. The first-order chi connectivity index (χ1) is 10.6. The van der Waals surface area contributed by atoms with E-state index in [2.05, 4.69) is 9.84 Å². The fraction of sp³-hybridized carbons (Fsp3) is 0.385. The topological polar surface area (TPSA) is 111 Å². The Morgan fingerprint density at radius 1 is 1.39 bits per heavy atom. The molecule has 3 N–H and O–H groups in total. The number of nitrogens with zero attached hydrogens (tertiary/aromatic N) is 1. The van der Waals surface area contributed by atoms with Crippen LogP contribution in [0.1, 0.15) is 18.4 Å². The second-order valence-corrected chi connectivity index (χ2v) is 6.94. The summed E-state index contributed by atoms with van der Waals surface area (Å²) in [7, 11) is -3.96. The van der Waals surface area contributed by atoms with Gasteiger partial charge in [-0.3, -0.25) is 0 Å². The second-order valence-electron chi connectivity index (χ2n) is 5.31. The molecule has 0 spiro atoms. The molecule has 0 heterocycles. The molecule has 0 aromatic heterocycles. The summed E-state index contributed by atoms with van der Waals surface area (Å²) in [4.78, 5) is 12.7. The summed E-state index contributed by atoms with van der Waals surface area (Å²) in [6.45, 7) is 1.60. The molecule has 10 heteroatoms. The molecular weight excluding hydrogens is 332 g/mol. The number of carbonyl (C=O) groups is 1. The maximum atomic E-state index is 13.0. The average molecular weight is 347 g/mol. The molecule has 0 unspecified atom stereocenters. The Balaban J connectivity index is 2.13. The molecule has 2 rings (SSSR count). The standard InChI is InChI=1S/C13H15F2N3O4S/c1-9-4-2-3-5-10(9)23(20,21)18-17-8-12(22-11(16)19)6-13(14,15)7-12/h2-5,8,18H,6-7H2,1H3,(H2,16,19). The molecule has 1 saturated carbocycles. The molecule has 0 bridgehead atoms. The number of hydrogen-bond donors (Lipinski definition) is 2. The quantitative estimate of drug-likeness (QED) is 0.621. The first kappa shape index (κ1) is 17.1. The van der Waals surface area contributed by atoms with Crippen molar-refractivity contribution in [2.75, 3.05) is 0 Å². The number of hydrogen-bond acceptors (Lipinski definition) is 5. The van der Waals surface area contributed by atoms with E-state index in [-0.39, 0.29) is 4.90 Å². The van der Waals surface area contributed by atoms with Crippen LogP contribution in [0.5, 0.6) is 0 Å². The number of sulfonamides is 1. The van der Waals surface area contributed by atoms with Crippen LogP contribution in [0.15, 0.2) is 34.3 Å². The number of halogens is 2. The highest BCUT2D eigenvalue weighted by Gasteiger charge is 2.59. The Hall–Kier alpha value is -2.23. The van der Waals surface area contributed by atoms with E-state index in [0.29, 0.717) is 5.56 Å². The van der Waals surface area contributed by atoms with Crippen LogP contribution in [-0.2, 0) is 14.8 Å². The van der Waals surface area contributed by atoms with Crippen molar-refractivity contribution in [1.29, 1.82) is 0 Å². The molecule has 7 nitrogen and oxygen atoms in total. The molecule has 0 saturated heterocycles. The smallest absolute Gasteiger partial charge is 0.405 e. The predicted octanol–water partition coefficient (Wildman–Crippen LogP) is 1.52. The van der Waals surface area contributed by atoms with E-state index < -0.39 is 40.5 Å². The number of carbonyl (C=O) groups excluding carboxylic acids is 1. The molecular formula is C13H15F2N3O4S. The van der Waals surface area contributed by atoms with E-state index in [1.165, 1.54) is 12.1 Å². The van der Waals surface area contributed by atoms with Crippen LogP contribution in [0.4, 0.5) is 13.6 Å². The molecule has 1 aromatic rings. The fourth-order valence-corrected chi connectivity index (χ4v) is 3.37. The number of ether oxygens (including phenoxy) is 1. The number of nitrogens with two attached hydrogens (primary N) is 1. The third kappa shape index (κ3) is 3.95. The van der Waals surface area contributed by atoms with Crippen LogP contribution in [0.25, 0.3) is 0 Å². The maximum Gasteiger partial charge on any atom is 0.405 e. The van der Waals surface area contributed by atoms with Gasteiger partial charge in [0.15, 0.2) is 5.60 Å². The van der Waals surface area contributed by atoms with E-state index >= 15 is 0 Å². The number of nitrogens with one attached hydrogen (secondary N) is 1. The minimum absolute atomic E-state index is 0.000888. The highest BCUT2D eigenvalue weighted by molar-refractivity contribution is 7.89. The van der Waals surface area contributed by atoms with Crippen molar-refractivity contribution in [3.8, 4) is 0 Å². The minimum Gasteiger partial charge on any atom is -0.437 e. The highest BCUT2D eigenvalue weighted by Crippen LogP contribution is 2.46. The van der Waals surface area contributed by atoms with Crippen molar-refractivity contribution in [2.45, 2.75) is 36.2 Å². The fourth-order valence-electron chi connectivity index (χ4n) is 2.33. The first-order valence-electron chi connectivity index (χ1n) is 6.53.